The fraction of sp³-hybridized carbons (Fsp3) is 0.909. The molecule has 1 unspecified atom stereocenters. The monoisotopic (exact) mass is 214 g/mol. The van der Waals surface area contributed by atoms with Crippen molar-refractivity contribution in [3.05, 3.63) is 0 Å². The number of nitrogens with one attached hydrogen (secondary N) is 1. The summed E-state index contributed by atoms with van der Waals surface area (Å²) < 4.78 is 5.03. The third-order valence-corrected chi connectivity index (χ3v) is 2.70. The molecule has 1 N–H and O–H groups in total. The minimum atomic E-state index is 0.257. The lowest BCUT2D eigenvalue weighted by molar-refractivity contribution is -0.133. The van der Waals surface area contributed by atoms with Crippen molar-refractivity contribution in [2.24, 2.45) is 5.92 Å². The van der Waals surface area contributed by atoms with Crippen molar-refractivity contribution in [1.82, 2.24) is 10.2 Å². The zero-order valence-corrected chi connectivity index (χ0v) is 9.95. The van der Waals surface area contributed by atoms with E-state index in [0.717, 1.165) is 19.6 Å². The summed E-state index contributed by atoms with van der Waals surface area (Å²) in [7, 11) is 1.67. The van der Waals surface area contributed by atoms with Crippen LogP contribution in [0.3, 0.4) is 0 Å². The lowest BCUT2D eigenvalue weighted by Gasteiger charge is -2.32. The average Bonchev–Trinajstić information content (AvgIpc) is 2.18. The Labute approximate surface area is 92.0 Å². The smallest absolute Gasteiger partial charge is 0.223 e. The number of ether oxygens (including phenoxy) is 1. The first-order valence-electron chi connectivity index (χ1n) is 5.63. The molecule has 1 aliphatic heterocycles. The Balaban J connectivity index is 2.32. The van der Waals surface area contributed by atoms with E-state index < -0.39 is 0 Å². The van der Waals surface area contributed by atoms with Gasteiger partial charge in [-0.1, -0.05) is 6.92 Å². The first kappa shape index (κ1) is 12.5. The van der Waals surface area contributed by atoms with Gasteiger partial charge in [0.1, 0.15) is 0 Å². The van der Waals surface area contributed by atoms with Crippen molar-refractivity contribution in [3.63, 3.8) is 0 Å². The molecule has 4 nitrogen and oxygen atoms in total. The molecule has 1 rings (SSSR count). The number of nitrogens with zero attached hydrogens (tertiary/aromatic N) is 1. The zero-order chi connectivity index (χ0) is 11.3. The van der Waals surface area contributed by atoms with Crippen LogP contribution in [0.15, 0.2) is 0 Å². The molecule has 1 amide bonds. The normalized spacial score (nSPS) is 23.9. The summed E-state index contributed by atoms with van der Waals surface area (Å²) in [6.07, 6.45) is 0.598. The molecule has 1 saturated heterocycles. The third-order valence-electron chi connectivity index (χ3n) is 2.70. The summed E-state index contributed by atoms with van der Waals surface area (Å²) in [6, 6.07) is 0.417. The summed E-state index contributed by atoms with van der Waals surface area (Å²) >= 11 is 0. The second-order valence-electron chi connectivity index (χ2n) is 4.46. The van der Waals surface area contributed by atoms with E-state index in [1.807, 2.05) is 11.8 Å². The van der Waals surface area contributed by atoms with Crippen LogP contribution in [0.2, 0.25) is 0 Å². The molecule has 0 aromatic carbocycles. The Kier molecular flexibility index (Phi) is 5.05. The largest absolute Gasteiger partial charge is 0.384 e. The summed E-state index contributed by atoms with van der Waals surface area (Å²) in [5.41, 5.74) is 0. The number of amides is 1. The number of rotatable bonds is 4. The lowest BCUT2D eigenvalue weighted by Crippen LogP contribution is -2.51. The fourth-order valence-corrected chi connectivity index (χ4v) is 1.93. The molecular formula is C11H22N2O2. The maximum Gasteiger partial charge on any atom is 0.223 e. The van der Waals surface area contributed by atoms with Gasteiger partial charge in [0.15, 0.2) is 0 Å². The molecule has 0 radical (unpaired) electrons. The maximum atomic E-state index is 11.9. The van der Waals surface area contributed by atoms with Gasteiger partial charge < -0.3 is 15.0 Å². The van der Waals surface area contributed by atoms with Gasteiger partial charge in [0.05, 0.1) is 0 Å². The molecule has 88 valence electrons. The maximum absolute atomic E-state index is 11.9. The molecule has 4 heteroatoms. The van der Waals surface area contributed by atoms with Crippen molar-refractivity contribution >= 4 is 5.91 Å². The summed E-state index contributed by atoms with van der Waals surface area (Å²) in [4.78, 5) is 13.8. The number of hydrogen-bond donors (Lipinski definition) is 1. The van der Waals surface area contributed by atoms with Crippen LogP contribution in [0.1, 0.15) is 20.3 Å². The van der Waals surface area contributed by atoms with E-state index >= 15 is 0 Å². The Bertz CT molecular complexity index is 209. The van der Waals surface area contributed by atoms with Crippen LogP contribution < -0.4 is 5.32 Å². The molecule has 1 heterocycles. The zero-order valence-electron chi connectivity index (χ0n) is 9.95. The second-order valence-corrected chi connectivity index (χ2v) is 4.46. The molecule has 0 spiro atoms. The van der Waals surface area contributed by atoms with E-state index in [1.165, 1.54) is 0 Å². The molecule has 2 atom stereocenters. The van der Waals surface area contributed by atoms with Crippen LogP contribution in [0.25, 0.3) is 0 Å². The first-order chi connectivity index (χ1) is 7.13. The van der Waals surface area contributed by atoms with E-state index in [0.29, 0.717) is 25.0 Å². The van der Waals surface area contributed by atoms with Gasteiger partial charge in [-0.05, 0) is 12.8 Å². The molecule has 0 aliphatic carbocycles. The standard InChI is InChI=1S/C11H22N2O2/c1-9(8-15-3)6-11(14)13-5-4-12-10(2)7-13/h9-10,12H,4-8H2,1-3H3/t9?,10-/m1/s1. The summed E-state index contributed by atoms with van der Waals surface area (Å²) in [6.45, 7) is 7.39. The third kappa shape index (κ3) is 4.18. The SMILES string of the molecule is COCC(C)CC(=O)N1CCN[C@H](C)C1. The summed E-state index contributed by atoms with van der Waals surface area (Å²) in [5.74, 6) is 0.570. The van der Waals surface area contributed by atoms with Gasteiger partial charge in [-0.2, -0.15) is 0 Å². The van der Waals surface area contributed by atoms with Crippen molar-refractivity contribution in [1.29, 1.82) is 0 Å². The van der Waals surface area contributed by atoms with Crippen LogP contribution in [0, 0.1) is 5.92 Å². The topological polar surface area (TPSA) is 41.6 Å². The molecule has 0 bridgehead atoms. The lowest BCUT2D eigenvalue weighted by atomic mass is 10.1. The van der Waals surface area contributed by atoms with Crippen molar-refractivity contribution < 1.29 is 9.53 Å². The molecule has 1 fully saturated rings. The Hall–Kier alpha value is -0.610. The van der Waals surface area contributed by atoms with Gasteiger partial charge in [-0.15, -0.1) is 0 Å². The van der Waals surface area contributed by atoms with Gasteiger partial charge in [0, 0.05) is 45.8 Å². The number of carbonyl (C=O) groups is 1. The highest BCUT2D eigenvalue weighted by molar-refractivity contribution is 5.76. The second kappa shape index (κ2) is 6.08. The number of methoxy groups -OCH3 is 1. The van der Waals surface area contributed by atoms with Crippen molar-refractivity contribution in [2.75, 3.05) is 33.4 Å². The van der Waals surface area contributed by atoms with Crippen LogP contribution >= 0.6 is 0 Å². The van der Waals surface area contributed by atoms with Crippen LogP contribution in [0.5, 0.6) is 0 Å². The Morgan fingerprint density at radius 2 is 2.40 bits per heavy atom. The summed E-state index contributed by atoms with van der Waals surface area (Å²) in [5, 5.41) is 3.33. The van der Waals surface area contributed by atoms with Crippen LogP contribution in [-0.4, -0.2) is 50.2 Å². The van der Waals surface area contributed by atoms with Gasteiger partial charge in [-0.25, -0.2) is 0 Å². The average molecular weight is 214 g/mol. The van der Waals surface area contributed by atoms with Gasteiger partial charge >= 0.3 is 0 Å². The minimum absolute atomic E-state index is 0.257. The van der Waals surface area contributed by atoms with E-state index in [-0.39, 0.29) is 5.91 Å². The van der Waals surface area contributed by atoms with Gasteiger partial charge in [0.2, 0.25) is 5.91 Å². The number of piperazine rings is 1. The van der Waals surface area contributed by atoms with E-state index in [1.54, 1.807) is 7.11 Å². The molecule has 1 aliphatic rings. The highest BCUT2D eigenvalue weighted by Gasteiger charge is 2.21. The van der Waals surface area contributed by atoms with Crippen LogP contribution in [0.4, 0.5) is 0 Å². The molecule has 0 saturated carbocycles. The first-order valence-corrected chi connectivity index (χ1v) is 5.63. The van der Waals surface area contributed by atoms with Crippen molar-refractivity contribution in [3.8, 4) is 0 Å². The van der Waals surface area contributed by atoms with E-state index in [9.17, 15) is 4.79 Å². The predicted octanol–water partition coefficient (Wildman–Crippen LogP) is 0.479. The van der Waals surface area contributed by atoms with Gasteiger partial charge in [-0.3, -0.25) is 4.79 Å². The van der Waals surface area contributed by atoms with Crippen molar-refractivity contribution in [2.45, 2.75) is 26.3 Å². The Morgan fingerprint density at radius 3 is 3.00 bits per heavy atom. The highest BCUT2D eigenvalue weighted by atomic mass is 16.5. The predicted molar refractivity (Wildman–Crippen MR) is 59.7 cm³/mol. The molecular weight excluding hydrogens is 192 g/mol. The Morgan fingerprint density at radius 1 is 1.67 bits per heavy atom. The van der Waals surface area contributed by atoms with E-state index in [2.05, 4.69) is 12.2 Å². The highest BCUT2D eigenvalue weighted by Crippen LogP contribution is 2.08. The van der Waals surface area contributed by atoms with Crippen LogP contribution in [-0.2, 0) is 9.53 Å². The molecule has 0 aromatic rings. The molecule has 0 aromatic heterocycles. The van der Waals surface area contributed by atoms with E-state index in [4.69, 9.17) is 4.74 Å². The molecule has 15 heavy (non-hydrogen) atoms. The number of carbonyl (C=O) groups excluding carboxylic acids is 1. The number of hydrogen-bond acceptors (Lipinski definition) is 3. The minimum Gasteiger partial charge on any atom is -0.384 e. The quantitative estimate of drug-likeness (QED) is 0.740. The van der Waals surface area contributed by atoms with Gasteiger partial charge in [0.25, 0.3) is 0 Å². The fourth-order valence-electron chi connectivity index (χ4n) is 1.93.